The Morgan fingerprint density at radius 1 is 1.20 bits per heavy atom. The number of ether oxygens (including phenoxy) is 3. The number of hydrogen-bond acceptors (Lipinski definition) is 3. The number of rotatable bonds is 8. The highest BCUT2D eigenvalue weighted by Gasteiger charge is 2.04. The average Bonchev–Trinajstić information content (AvgIpc) is 2.49. The summed E-state index contributed by atoms with van der Waals surface area (Å²) < 4.78 is 16.1. The van der Waals surface area contributed by atoms with Crippen LogP contribution in [0, 0.1) is 11.8 Å². The maximum Gasteiger partial charge on any atom is 0.122 e. The normalized spacial score (nSPS) is 9.50. The molecular weight excluding hydrogens is 252 g/mol. The van der Waals surface area contributed by atoms with Gasteiger partial charge in [-0.2, -0.15) is 0 Å². The molecule has 0 atom stereocenters. The fourth-order valence-corrected chi connectivity index (χ4v) is 1.81. The van der Waals surface area contributed by atoms with Crippen LogP contribution < -0.4 is 9.47 Å². The second-order valence-corrected chi connectivity index (χ2v) is 4.17. The fraction of sp³-hybridized carbons (Fsp3) is 0.412. The summed E-state index contributed by atoms with van der Waals surface area (Å²) in [6, 6.07) is 5.84. The van der Waals surface area contributed by atoms with Gasteiger partial charge in [0.1, 0.15) is 11.5 Å². The Bertz CT molecular complexity index is 469. The van der Waals surface area contributed by atoms with Gasteiger partial charge in [-0.3, -0.25) is 0 Å². The molecule has 1 aromatic carbocycles. The summed E-state index contributed by atoms with van der Waals surface area (Å²) >= 11 is 0. The van der Waals surface area contributed by atoms with Crippen LogP contribution in [0.4, 0.5) is 0 Å². The van der Waals surface area contributed by atoms with Crippen molar-refractivity contribution in [1.29, 1.82) is 0 Å². The molecule has 0 aliphatic carbocycles. The van der Waals surface area contributed by atoms with E-state index < -0.39 is 0 Å². The van der Waals surface area contributed by atoms with Crippen molar-refractivity contribution in [3.63, 3.8) is 0 Å². The molecule has 0 aromatic heterocycles. The highest BCUT2D eigenvalue weighted by Crippen LogP contribution is 2.24. The summed E-state index contributed by atoms with van der Waals surface area (Å²) in [7, 11) is 3.35. The lowest BCUT2D eigenvalue weighted by Crippen LogP contribution is -2.00. The number of methoxy groups -OCH3 is 2. The molecular formula is C17H22O3. The molecule has 0 aliphatic heterocycles. The third-order valence-corrected chi connectivity index (χ3v) is 2.80. The Balaban J connectivity index is 2.32. The van der Waals surface area contributed by atoms with Crippen molar-refractivity contribution >= 4 is 0 Å². The Morgan fingerprint density at radius 2 is 2.05 bits per heavy atom. The summed E-state index contributed by atoms with van der Waals surface area (Å²) in [5.41, 5.74) is 1.14. The lowest BCUT2D eigenvalue weighted by Gasteiger charge is -2.10. The third-order valence-electron chi connectivity index (χ3n) is 2.80. The first-order chi connectivity index (χ1) is 9.81. The molecule has 0 unspecified atom stereocenters. The molecule has 0 bridgehead atoms. The Kier molecular flexibility index (Phi) is 8.02. The molecule has 0 amide bonds. The van der Waals surface area contributed by atoms with E-state index in [1.54, 1.807) is 20.3 Å². The molecule has 0 saturated heterocycles. The van der Waals surface area contributed by atoms with E-state index in [1.165, 1.54) is 0 Å². The van der Waals surface area contributed by atoms with Gasteiger partial charge in [-0.05, 0) is 42.7 Å². The van der Waals surface area contributed by atoms with Crippen LogP contribution in [0.1, 0.15) is 18.4 Å². The first-order valence-electron chi connectivity index (χ1n) is 6.69. The Hall–Kier alpha value is -1.92. The molecule has 1 rings (SSSR count). The zero-order chi connectivity index (χ0) is 14.6. The quantitative estimate of drug-likeness (QED) is 0.538. The van der Waals surface area contributed by atoms with Crippen molar-refractivity contribution in [3.05, 3.63) is 36.4 Å². The molecule has 1 aromatic rings. The van der Waals surface area contributed by atoms with E-state index in [2.05, 4.69) is 18.4 Å². The molecule has 0 heterocycles. The van der Waals surface area contributed by atoms with Gasteiger partial charge in [-0.15, -0.1) is 0 Å². The van der Waals surface area contributed by atoms with Gasteiger partial charge < -0.3 is 14.2 Å². The number of allylic oxidation sites excluding steroid dienone is 1. The van der Waals surface area contributed by atoms with Crippen LogP contribution in [0.3, 0.4) is 0 Å². The van der Waals surface area contributed by atoms with E-state index in [0.29, 0.717) is 6.61 Å². The van der Waals surface area contributed by atoms with E-state index in [0.717, 1.165) is 42.9 Å². The number of hydrogen-bond donors (Lipinski definition) is 0. The van der Waals surface area contributed by atoms with Crippen LogP contribution in [0.2, 0.25) is 0 Å². The molecule has 108 valence electrons. The van der Waals surface area contributed by atoms with Crippen LogP contribution in [-0.2, 0) is 11.2 Å². The number of aryl methyl sites for hydroxylation is 1. The van der Waals surface area contributed by atoms with E-state index >= 15 is 0 Å². The van der Waals surface area contributed by atoms with Gasteiger partial charge in [0.2, 0.25) is 0 Å². The van der Waals surface area contributed by atoms with Gasteiger partial charge in [0, 0.05) is 13.0 Å². The smallest absolute Gasteiger partial charge is 0.122 e. The molecule has 0 radical (unpaired) electrons. The first-order valence-corrected chi connectivity index (χ1v) is 6.69. The van der Waals surface area contributed by atoms with Gasteiger partial charge >= 0.3 is 0 Å². The van der Waals surface area contributed by atoms with E-state index in [1.807, 2.05) is 18.2 Å². The molecule has 0 aliphatic rings. The topological polar surface area (TPSA) is 27.7 Å². The van der Waals surface area contributed by atoms with Crippen LogP contribution in [0.5, 0.6) is 11.5 Å². The molecule has 3 nitrogen and oxygen atoms in total. The fourth-order valence-electron chi connectivity index (χ4n) is 1.81. The van der Waals surface area contributed by atoms with Crippen LogP contribution in [-0.4, -0.2) is 27.4 Å². The van der Waals surface area contributed by atoms with E-state index in [-0.39, 0.29) is 0 Å². The Morgan fingerprint density at radius 3 is 2.75 bits per heavy atom. The van der Waals surface area contributed by atoms with Crippen molar-refractivity contribution in [2.45, 2.75) is 19.3 Å². The summed E-state index contributed by atoms with van der Waals surface area (Å²) in [6.07, 6.45) is 4.18. The molecule has 0 spiro atoms. The minimum absolute atomic E-state index is 0.663. The van der Waals surface area contributed by atoms with Crippen molar-refractivity contribution in [1.82, 2.24) is 0 Å². The molecule has 0 saturated carbocycles. The van der Waals surface area contributed by atoms with Gasteiger partial charge in [-0.1, -0.05) is 18.4 Å². The van der Waals surface area contributed by atoms with Gasteiger partial charge in [-0.25, -0.2) is 0 Å². The minimum Gasteiger partial charge on any atom is -0.497 e. The minimum atomic E-state index is 0.663. The van der Waals surface area contributed by atoms with Crippen molar-refractivity contribution in [2.24, 2.45) is 0 Å². The molecule has 20 heavy (non-hydrogen) atoms. The number of benzene rings is 1. The highest BCUT2D eigenvalue weighted by molar-refractivity contribution is 5.40. The predicted octanol–water partition coefficient (Wildman–Crippen LogP) is 3.23. The largest absolute Gasteiger partial charge is 0.497 e. The van der Waals surface area contributed by atoms with Gasteiger partial charge in [0.15, 0.2) is 0 Å². The molecule has 3 heteroatoms. The van der Waals surface area contributed by atoms with Crippen LogP contribution >= 0.6 is 0 Å². The standard InChI is InChI=1S/C17H22O3/c1-4-5-6-7-12-20-13-8-9-15-14-16(18-2)10-11-17(15)19-3/h4,10-11,14H,1,7-9,12-13H2,2-3H3. The molecule has 0 fully saturated rings. The zero-order valence-electron chi connectivity index (χ0n) is 12.3. The second-order valence-electron chi connectivity index (χ2n) is 4.17. The monoisotopic (exact) mass is 274 g/mol. The average molecular weight is 274 g/mol. The summed E-state index contributed by atoms with van der Waals surface area (Å²) in [4.78, 5) is 0. The SMILES string of the molecule is C=CC#CCCOCCCc1cc(OC)ccc1OC. The van der Waals surface area contributed by atoms with Gasteiger partial charge in [0.05, 0.1) is 20.8 Å². The third kappa shape index (κ3) is 5.81. The zero-order valence-corrected chi connectivity index (χ0v) is 12.3. The Labute approximate surface area is 121 Å². The lowest BCUT2D eigenvalue weighted by atomic mass is 10.1. The van der Waals surface area contributed by atoms with E-state index in [9.17, 15) is 0 Å². The summed E-state index contributed by atoms with van der Waals surface area (Å²) in [5, 5.41) is 0. The highest BCUT2D eigenvalue weighted by atomic mass is 16.5. The van der Waals surface area contributed by atoms with Crippen molar-refractivity contribution in [3.8, 4) is 23.3 Å². The van der Waals surface area contributed by atoms with Crippen LogP contribution in [0.15, 0.2) is 30.9 Å². The first kappa shape index (κ1) is 16.1. The maximum atomic E-state index is 5.52. The van der Waals surface area contributed by atoms with Crippen molar-refractivity contribution < 1.29 is 14.2 Å². The van der Waals surface area contributed by atoms with Crippen molar-refractivity contribution in [2.75, 3.05) is 27.4 Å². The summed E-state index contributed by atoms with van der Waals surface area (Å²) in [6.45, 7) is 4.92. The predicted molar refractivity (Wildman–Crippen MR) is 81.3 cm³/mol. The second kappa shape index (κ2) is 9.94. The van der Waals surface area contributed by atoms with Crippen LogP contribution in [0.25, 0.3) is 0 Å². The van der Waals surface area contributed by atoms with E-state index in [4.69, 9.17) is 14.2 Å². The lowest BCUT2D eigenvalue weighted by molar-refractivity contribution is 0.137. The summed E-state index contributed by atoms with van der Waals surface area (Å²) in [5.74, 6) is 7.48. The molecule has 0 N–H and O–H groups in total. The van der Waals surface area contributed by atoms with Gasteiger partial charge in [0.25, 0.3) is 0 Å². The maximum absolute atomic E-state index is 5.52.